The summed E-state index contributed by atoms with van der Waals surface area (Å²) in [7, 11) is 2.54. The molecule has 1 aromatic heterocycles. The van der Waals surface area contributed by atoms with Crippen molar-refractivity contribution in [3.8, 4) is 16.9 Å². The van der Waals surface area contributed by atoms with Gasteiger partial charge in [-0.3, -0.25) is 0 Å². The van der Waals surface area contributed by atoms with Gasteiger partial charge in [-0.15, -0.1) is 0 Å². The van der Waals surface area contributed by atoms with E-state index in [4.69, 9.17) is 9.47 Å². The summed E-state index contributed by atoms with van der Waals surface area (Å²) in [6, 6.07) is 16.8. The molecule has 0 aliphatic heterocycles. The number of carbonyl (C=O) groups is 2. The molecule has 2 aromatic carbocycles. The monoisotopic (exact) mass is 364 g/mol. The molecular formula is C21H20N2O4. The first kappa shape index (κ1) is 18.4. The molecule has 0 spiro atoms. The number of aromatic nitrogens is 2. The Kier molecular flexibility index (Phi) is 5.35. The Bertz CT molecular complexity index is 960. The van der Waals surface area contributed by atoms with Crippen molar-refractivity contribution in [3.05, 3.63) is 71.4 Å². The zero-order valence-corrected chi connectivity index (χ0v) is 15.4. The predicted molar refractivity (Wildman–Crippen MR) is 101 cm³/mol. The summed E-state index contributed by atoms with van der Waals surface area (Å²) < 4.78 is 11.3. The number of para-hydroxylation sites is 1. The fourth-order valence-corrected chi connectivity index (χ4v) is 2.86. The summed E-state index contributed by atoms with van der Waals surface area (Å²) in [5, 5.41) is 4.56. The quantitative estimate of drug-likeness (QED) is 0.646. The van der Waals surface area contributed by atoms with Crippen LogP contribution in [0.4, 0.5) is 0 Å². The highest BCUT2D eigenvalue weighted by Gasteiger charge is 2.31. The average Bonchev–Trinajstić information content (AvgIpc) is 3.14. The average molecular weight is 364 g/mol. The van der Waals surface area contributed by atoms with Crippen LogP contribution in [0.3, 0.4) is 0 Å². The Hall–Kier alpha value is -3.41. The molecule has 27 heavy (non-hydrogen) atoms. The first-order valence-corrected chi connectivity index (χ1v) is 8.55. The van der Waals surface area contributed by atoms with Crippen molar-refractivity contribution in [2.45, 2.75) is 13.3 Å². The van der Waals surface area contributed by atoms with Crippen molar-refractivity contribution in [1.29, 1.82) is 0 Å². The fraction of sp³-hybridized carbons (Fsp3) is 0.190. The van der Waals surface area contributed by atoms with Gasteiger partial charge in [0.05, 0.1) is 19.9 Å². The lowest BCUT2D eigenvalue weighted by Crippen LogP contribution is -2.15. The van der Waals surface area contributed by atoms with Crippen LogP contribution in [0, 0.1) is 0 Å². The summed E-state index contributed by atoms with van der Waals surface area (Å²) in [5.41, 5.74) is 3.00. The number of benzene rings is 2. The standard InChI is InChI=1S/C21H20N2O4/c1-4-14-10-12-15(13-11-14)18-17(20(24)26-2)19(21(25)27-3)23(22-18)16-8-6-5-7-9-16/h5-13H,4H2,1-3H3. The zero-order valence-electron chi connectivity index (χ0n) is 15.4. The molecule has 1 heterocycles. The number of esters is 2. The minimum atomic E-state index is -0.664. The van der Waals surface area contributed by atoms with Crippen LogP contribution in [-0.4, -0.2) is 35.9 Å². The Labute approximate surface area is 157 Å². The molecule has 0 fully saturated rings. The highest BCUT2D eigenvalue weighted by Crippen LogP contribution is 2.29. The molecule has 0 saturated heterocycles. The Morgan fingerprint density at radius 1 is 0.926 bits per heavy atom. The smallest absolute Gasteiger partial charge is 0.357 e. The van der Waals surface area contributed by atoms with Gasteiger partial charge in [-0.1, -0.05) is 49.4 Å². The van der Waals surface area contributed by atoms with Crippen LogP contribution in [0.15, 0.2) is 54.6 Å². The maximum Gasteiger partial charge on any atom is 0.357 e. The molecule has 0 aliphatic carbocycles. The van der Waals surface area contributed by atoms with E-state index in [1.54, 1.807) is 12.1 Å². The molecule has 3 aromatic rings. The Morgan fingerprint density at radius 3 is 2.11 bits per heavy atom. The van der Waals surface area contributed by atoms with Gasteiger partial charge in [0.15, 0.2) is 5.69 Å². The van der Waals surface area contributed by atoms with Crippen LogP contribution in [-0.2, 0) is 15.9 Å². The van der Waals surface area contributed by atoms with Gasteiger partial charge in [0.25, 0.3) is 0 Å². The summed E-state index contributed by atoms with van der Waals surface area (Å²) in [6.07, 6.45) is 0.899. The van der Waals surface area contributed by atoms with E-state index in [-0.39, 0.29) is 11.3 Å². The minimum Gasteiger partial charge on any atom is -0.465 e. The summed E-state index contributed by atoms with van der Waals surface area (Å²) >= 11 is 0. The van der Waals surface area contributed by atoms with Gasteiger partial charge < -0.3 is 9.47 Å². The van der Waals surface area contributed by atoms with Crippen molar-refractivity contribution in [2.24, 2.45) is 0 Å². The third-order valence-electron chi connectivity index (χ3n) is 4.29. The van der Waals surface area contributed by atoms with E-state index in [1.807, 2.05) is 42.5 Å². The van der Waals surface area contributed by atoms with Crippen LogP contribution in [0.25, 0.3) is 16.9 Å². The van der Waals surface area contributed by atoms with Crippen LogP contribution in [0.1, 0.15) is 33.3 Å². The fourth-order valence-electron chi connectivity index (χ4n) is 2.86. The second-order valence-electron chi connectivity index (χ2n) is 5.85. The SMILES string of the molecule is CCc1ccc(-c2nn(-c3ccccc3)c(C(=O)OC)c2C(=O)OC)cc1. The largest absolute Gasteiger partial charge is 0.465 e. The van der Waals surface area contributed by atoms with E-state index in [1.165, 1.54) is 18.9 Å². The molecule has 6 nitrogen and oxygen atoms in total. The van der Waals surface area contributed by atoms with Gasteiger partial charge in [-0.2, -0.15) is 5.10 Å². The second-order valence-corrected chi connectivity index (χ2v) is 5.85. The number of rotatable bonds is 5. The molecular weight excluding hydrogens is 344 g/mol. The predicted octanol–water partition coefficient (Wildman–Crippen LogP) is 3.67. The number of methoxy groups -OCH3 is 2. The van der Waals surface area contributed by atoms with Gasteiger partial charge in [-0.05, 0) is 24.1 Å². The van der Waals surface area contributed by atoms with Gasteiger partial charge in [0.2, 0.25) is 0 Å². The molecule has 0 saturated carbocycles. The van der Waals surface area contributed by atoms with Gasteiger partial charge in [-0.25, -0.2) is 14.3 Å². The lowest BCUT2D eigenvalue weighted by Gasteiger charge is -2.07. The van der Waals surface area contributed by atoms with Crippen LogP contribution >= 0.6 is 0 Å². The van der Waals surface area contributed by atoms with Crippen molar-refractivity contribution in [1.82, 2.24) is 9.78 Å². The molecule has 6 heteroatoms. The maximum atomic E-state index is 12.5. The molecule has 0 aliphatic rings. The highest BCUT2D eigenvalue weighted by molar-refractivity contribution is 6.06. The van der Waals surface area contributed by atoms with E-state index >= 15 is 0 Å². The summed E-state index contributed by atoms with van der Waals surface area (Å²) in [5.74, 6) is -1.31. The normalized spacial score (nSPS) is 10.5. The minimum absolute atomic E-state index is 0.0325. The highest BCUT2D eigenvalue weighted by atomic mass is 16.5. The number of hydrogen-bond acceptors (Lipinski definition) is 5. The van der Waals surface area contributed by atoms with Crippen molar-refractivity contribution in [2.75, 3.05) is 14.2 Å². The summed E-state index contributed by atoms with van der Waals surface area (Å²) in [6.45, 7) is 2.06. The molecule has 0 amide bonds. The van der Waals surface area contributed by atoms with Crippen molar-refractivity contribution >= 4 is 11.9 Å². The zero-order chi connectivity index (χ0) is 19.4. The molecule has 0 unspecified atom stereocenters. The van der Waals surface area contributed by atoms with E-state index in [0.29, 0.717) is 16.9 Å². The van der Waals surface area contributed by atoms with Gasteiger partial charge >= 0.3 is 11.9 Å². The Balaban J connectivity index is 2.30. The van der Waals surface area contributed by atoms with Crippen molar-refractivity contribution < 1.29 is 19.1 Å². The lowest BCUT2D eigenvalue weighted by molar-refractivity contribution is 0.0549. The van der Waals surface area contributed by atoms with Crippen molar-refractivity contribution in [3.63, 3.8) is 0 Å². The molecule has 0 N–H and O–H groups in total. The first-order valence-electron chi connectivity index (χ1n) is 8.55. The molecule has 0 bridgehead atoms. The van der Waals surface area contributed by atoms with Crippen LogP contribution in [0.5, 0.6) is 0 Å². The number of aryl methyl sites for hydroxylation is 1. The molecule has 3 rings (SSSR count). The molecule has 0 atom stereocenters. The Morgan fingerprint density at radius 2 is 1.56 bits per heavy atom. The molecule has 0 radical (unpaired) electrons. The number of carbonyl (C=O) groups excluding carboxylic acids is 2. The van der Waals surface area contributed by atoms with Crippen LogP contribution < -0.4 is 0 Å². The number of ether oxygens (including phenoxy) is 2. The lowest BCUT2D eigenvalue weighted by atomic mass is 10.0. The topological polar surface area (TPSA) is 70.4 Å². The number of hydrogen-bond donors (Lipinski definition) is 0. The third-order valence-corrected chi connectivity index (χ3v) is 4.29. The van der Waals surface area contributed by atoms with E-state index < -0.39 is 11.9 Å². The van der Waals surface area contributed by atoms with E-state index in [2.05, 4.69) is 12.0 Å². The number of nitrogens with zero attached hydrogens (tertiary/aromatic N) is 2. The second kappa shape index (κ2) is 7.86. The summed E-state index contributed by atoms with van der Waals surface area (Å²) in [4.78, 5) is 25.0. The van der Waals surface area contributed by atoms with E-state index in [0.717, 1.165) is 12.0 Å². The van der Waals surface area contributed by atoms with E-state index in [9.17, 15) is 9.59 Å². The van der Waals surface area contributed by atoms with Gasteiger partial charge in [0.1, 0.15) is 11.3 Å². The van der Waals surface area contributed by atoms with Gasteiger partial charge in [0, 0.05) is 5.56 Å². The molecule has 138 valence electrons. The third kappa shape index (κ3) is 3.46. The van der Waals surface area contributed by atoms with Crippen LogP contribution in [0.2, 0.25) is 0 Å². The maximum absolute atomic E-state index is 12.5. The first-order chi connectivity index (χ1) is 13.1.